The fourth-order valence-corrected chi connectivity index (χ4v) is 14.2. The molecule has 16 rings (SSSR count). The van der Waals surface area contributed by atoms with Gasteiger partial charge < -0.3 is 60.8 Å². The van der Waals surface area contributed by atoms with Gasteiger partial charge in [-0.2, -0.15) is 13.2 Å². The Morgan fingerprint density at radius 1 is 0.586 bits per heavy atom. The lowest BCUT2D eigenvalue weighted by atomic mass is 10.2. The second-order valence-electron chi connectivity index (χ2n) is 29.4. The number of anilines is 5. The SMILES string of the molecule is C=CCNc1ccnc(Cl)c1N.C=CCNc1ccncc1[N+](=O)[O-].C=CCn1c(=O)[nH]c2c(Cl)nccc21.C=CCn1c(=O)n(Cc2ccccc2)c2c(Cl)nccc21.CC#CCn1c(N2CCN(C(=O)OC(C)(C)C)CC2)nc2ccnc(Cl)c21.CC#CCn1c(N2CCNCC2)nc2ccn(C)c(=O)c21.O=C(O)C(F)(F)F.O=c1[nH]c2ccnc(Cl)c2n1Cc1ccccc1. The topological polar surface area (TPSA) is 416 Å². The molecule has 8 N–H and O–H groups in total. The van der Waals surface area contributed by atoms with E-state index in [2.05, 4.69) is 121 Å². The van der Waals surface area contributed by atoms with Gasteiger partial charge in [0.2, 0.25) is 11.9 Å². The number of hydrogen-bond acceptors (Lipinski definition) is 23. The summed E-state index contributed by atoms with van der Waals surface area (Å²) in [6.45, 7) is 33.7. The summed E-state index contributed by atoms with van der Waals surface area (Å²) in [7, 11) is 1.76. The standard InChI is InChI=1S/C19H24ClN5O2.C16H14ClN3O.C15H19N5O.C13H10ClN3O.C9H8ClN3O.C8H10ClN3.C8H9N3O2.C2HF3O2/c1-5-6-9-25-15-14(7-8-21-16(15)20)22-17(25)23-10-12-24(13-11-23)18(26)27-19(2,3)4;1-2-10-19-13-8-9-18-15(17)14(13)20(16(19)21)11-12-6-4-3-5-7-12;1-3-4-8-20-13-12(5-9-18(2)14(13)21)17-15(20)19-10-6-16-7-11-19;14-12-11-10(6-7-15-12)16-13(18)17(11)8-9-4-2-1-3-5-9;1-2-5-13-6-3-4-11-8(10)7(6)12-9(13)14;1-2-4-11-6-3-5-12-8(9)7(6)10;1-2-4-10-7-3-5-9-6-8(7)11(12)13;3-2(4,5)1(6)7/h7-8H,9-13H2,1-4H3;2-9H,1,10-11H2;5,9,16H,6-8,10-11H2,1-2H3;1-7H,8H2,(H,16,18);2-4H,1,5H2,(H,12,14);2-3,5H,1,4,10H2,(H,11,12);2-3,5-6H,1,4H2,(H,9,10);(H,6,7). The van der Waals surface area contributed by atoms with Crippen molar-refractivity contribution in [2.75, 3.05) is 91.6 Å². The number of piperazine rings is 2. The van der Waals surface area contributed by atoms with Gasteiger partial charge in [-0.3, -0.25) is 47.3 Å². The number of imidazole rings is 5. The van der Waals surface area contributed by atoms with Crippen molar-refractivity contribution in [1.29, 1.82) is 0 Å². The summed E-state index contributed by atoms with van der Waals surface area (Å²) in [6, 6.07) is 31.9. The van der Waals surface area contributed by atoms with Crippen molar-refractivity contribution in [3.63, 3.8) is 0 Å². The number of carboxylic acid groups (broad SMARTS) is 1. The van der Waals surface area contributed by atoms with Gasteiger partial charge in [0.15, 0.2) is 25.8 Å². The first kappa shape index (κ1) is 102. The highest BCUT2D eigenvalue weighted by atomic mass is 35.5. The number of rotatable bonds is 19. The molecule has 2 aromatic carbocycles. The maximum absolute atomic E-state index is 12.6. The summed E-state index contributed by atoms with van der Waals surface area (Å²) >= 11 is 30.1. The molecule has 2 aliphatic heterocycles. The van der Waals surface area contributed by atoms with Crippen LogP contribution in [0.3, 0.4) is 0 Å². The Morgan fingerprint density at radius 3 is 1.64 bits per heavy atom. The molecule has 2 fully saturated rings. The largest absolute Gasteiger partial charge is 0.490 e. The van der Waals surface area contributed by atoms with Gasteiger partial charge in [0.05, 0.1) is 70.1 Å². The molecule has 2 aliphatic rings. The zero-order chi connectivity index (χ0) is 96.6. The number of allylic oxidation sites excluding steroid dienone is 2. The van der Waals surface area contributed by atoms with Crippen molar-refractivity contribution in [2.24, 2.45) is 7.05 Å². The number of aromatic amines is 2. The predicted molar refractivity (Wildman–Crippen MR) is 516 cm³/mol. The molecule has 0 aliphatic carbocycles. The van der Waals surface area contributed by atoms with Crippen LogP contribution in [-0.4, -0.2) is 186 Å². The van der Waals surface area contributed by atoms with E-state index >= 15 is 0 Å². The maximum Gasteiger partial charge on any atom is 0.490 e. The number of nitrogens with two attached hydrogens (primary N) is 1. The summed E-state index contributed by atoms with van der Waals surface area (Å²) in [5.74, 6) is 10.8. The zero-order valence-electron chi connectivity index (χ0n) is 73.1. The summed E-state index contributed by atoms with van der Waals surface area (Å²) in [6.07, 6.45) is 13.8. The molecule has 14 aromatic rings. The van der Waals surface area contributed by atoms with E-state index in [4.69, 9.17) is 83.4 Å². The van der Waals surface area contributed by atoms with Crippen molar-refractivity contribution in [3.05, 3.63) is 292 Å². The van der Waals surface area contributed by atoms with Gasteiger partial charge >= 0.3 is 41.0 Å². The van der Waals surface area contributed by atoms with Crippen molar-refractivity contribution in [1.82, 2.24) is 92.0 Å². The molecule has 0 saturated carbocycles. The normalized spacial score (nSPS) is 12.1. The van der Waals surface area contributed by atoms with Gasteiger partial charge in [-0.05, 0) is 88.2 Å². The van der Waals surface area contributed by atoms with E-state index < -0.39 is 22.7 Å². The molecule has 0 atom stereocenters. The number of aliphatic carboxylic acids is 1. The molecule has 2 saturated heterocycles. The molecule has 133 heavy (non-hydrogen) atoms. The number of halogens is 8. The molecule has 43 heteroatoms. The third-order valence-electron chi connectivity index (χ3n) is 19.2. The Kier molecular flexibility index (Phi) is 37.6. The highest BCUT2D eigenvalue weighted by Gasteiger charge is 2.38. The Morgan fingerprint density at radius 2 is 1.08 bits per heavy atom. The van der Waals surface area contributed by atoms with Crippen LogP contribution in [0.4, 0.5) is 52.6 Å². The van der Waals surface area contributed by atoms with E-state index in [0.29, 0.717) is 143 Å². The molecular formula is C90H95Cl5F3N25O10. The van der Waals surface area contributed by atoms with Crippen LogP contribution >= 0.6 is 58.0 Å². The minimum absolute atomic E-state index is 0.0237. The average Bonchev–Trinajstić information content (AvgIpc) is 1.62. The fourth-order valence-electron chi connectivity index (χ4n) is 13.1. The summed E-state index contributed by atoms with van der Waals surface area (Å²) < 4.78 is 49.2. The molecule has 0 unspecified atom stereocenters. The van der Waals surface area contributed by atoms with Crippen LogP contribution in [0.5, 0.6) is 0 Å². The van der Waals surface area contributed by atoms with Crippen LogP contribution < -0.4 is 54.1 Å². The molecule has 0 bridgehead atoms. The number of carbonyl (C=O) groups excluding carboxylic acids is 1. The van der Waals surface area contributed by atoms with Gasteiger partial charge in [0.1, 0.15) is 45.1 Å². The number of nitrogen functional groups attached to an aromatic ring is 1. The number of carboxylic acids is 1. The Hall–Kier alpha value is -14.5. The van der Waals surface area contributed by atoms with E-state index in [9.17, 15) is 47.3 Å². The quantitative estimate of drug-likeness (QED) is 0.0130. The van der Waals surface area contributed by atoms with Crippen molar-refractivity contribution >= 4 is 160 Å². The monoisotopic (exact) mass is 1920 g/mol. The Labute approximate surface area is 784 Å². The number of H-pyrrole nitrogens is 2. The lowest BCUT2D eigenvalue weighted by Gasteiger charge is -2.36. The fraction of sp³-hybridized carbons (Fsp3) is 0.267. The van der Waals surface area contributed by atoms with Crippen LogP contribution in [-0.2, 0) is 55.8 Å². The summed E-state index contributed by atoms with van der Waals surface area (Å²) in [5, 5.41) is 28.5. The Bertz CT molecular complexity index is 6830. The molecule has 0 radical (unpaired) electrons. The molecule has 696 valence electrons. The van der Waals surface area contributed by atoms with Gasteiger partial charge in [-0.1, -0.05) is 155 Å². The first-order valence-electron chi connectivity index (χ1n) is 40.7. The molecule has 0 spiro atoms. The predicted octanol–water partition coefficient (Wildman–Crippen LogP) is 14.5. The number of benzene rings is 2. The van der Waals surface area contributed by atoms with Gasteiger partial charge in [0.25, 0.3) is 5.56 Å². The molecular weight excluding hydrogens is 1830 g/mol. The van der Waals surface area contributed by atoms with Crippen LogP contribution in [0.25, 0.3) is 55.2 Å². The van der Waals surface area contributed by atoms with Gasteiger partial charge in [0, 0.05) is 129 Å². The number of pyridine rings is 7. The second-order valence-corrected chi connectivity index (χ2v) is 31.2. The number of fused-ring (bicyclic) bond motifs is 5. The number of aryl methyl sites for hydroxylation is 1. The first-order valence-corrected chi connectivity index (χ1v) is 42.6. The third-order valence-corrected chi connectivity index (χ3v) is 20.6. The number of nitro groups is 1. The molecule has 35 nitrogen and oxygen atoms in total. The van der Waals surface area contributed by atoms with Gasteiger partial charge in [-0.25, -0.2) is 58.9 Å². The van der Waals surface area contributed by atoms with Crippen LogP contribution in [0.15, 0.2) is 223 Å². The number of hydrogen-bond donors (Lipinski definition) is 7. The number of ether oxygens (including phenoxy) is 1. The van der Waals surface area contributed by atoms with E-state index in [1.165, 1.54) is 12.4 Å². The second kappa shape index (κ2) is 48.9. The third kappa shape index (κ3) is 27.5. The minimum atomic E-state index is -5.08. The molecule has 12 aromatic heterocycles. The number of nitrogens with zero attached hydrogens (tertiary/aromatic N) is 19. The lowest BCUT2D eigenvalue weighted by molar-refractivity contribution is -0.384. The maximum atomic E-state index is 12.6. The number of carbonyl (C=O) groups is 2. The van der Waals surface area contributed by atoms with E-state index in [0.717, 1.165) is 82.5 Å². The zero-order valence-corrected chi connectivity index (χ0v) is 76.9. The number of alkyl halides is 3. The average molecular weight is 1920 g/mol. The number of amides is 1. The lowest BCUT2D eigenvalue weighted by Crippen LogP contribution is -2.50. The van der Waals surface area contributed by atoms with Crippen molar-refractivity contribution in [2.45, 2.75) is 85.7 Å². The van der Waals surface area contributed by atoms with Gasteiger partial charge in [-0.15, -0.1) is 38.2 Å². The van der Waals surface area contributed by atoms with Crippen LogP contribution in [0.2, 0.25) is 25.8 Å². The number of aromatic nitrogens is 17. The van der Waals surface area contributed by atoms with Crippen LogP contribution in [0.1, 0.15) is 45.7 Å². The van der Waals surface area contributed by atoms with Crippen LogP contribution in [0, 0.1) is 33.8 Å². The molecule has 14 heterocycles. The first-order chi connectivity index (χ1) is 63.7. The van der Waals surface area contributed by atoms with Crippen molar-refractivity contribution < 1.29 is 37.5 Å². The Balaban J connectivity index is 0.000000175. The smallest absolute Gasteiger partial charge is 0.475 e. The van der Waals surface area contributed by atoms with E-state index in [1.807, 2.05) is 110 Å². The van der Waals surface area contributed by atoms with Crippen molar-refractivity contribution in [3.8, 4) is 23.7 Å². The minimum Gasteiger partial charge on any atom is -0.475 e. The summed E-state index contributed by atoms with van der Waals surface area (Å²) in [4.78, 5) is 124. The van der Waals surface area contributed by atoms with E-state index in [-0.39, 0.29) is 34.4 Å². The summed E-state index contributed by atoms with van der Waals surface area (Å²) in [5.41, 5.74) is 15.5. The molecule has 1 amide bonds. The highest BCUT2D eigenvalue weighted by Crippen LogP contribution is 2.31. The number of nitrogens with one attached hydrogen (secondary N) is 5. The van der Waals surface area contributed by atoms with E-state index in [1.54, 1.807) is 134 Å². The highest BCUT2D eigenvalue weighted by molar-refractivity contribution is 6.35.